The number of nitrogens with one attached hydrogen (secondary N) is 2. The van der Waals surface area contributed by atoms with Gasteiger partial charge in [0, 0.05) is 6.54 Å². The van der Waals surface area contributed by atoms with Crippen LogP contribution in [0.4, 0.5) is 0 Å². The number of hydrazine groups is 1. The molecule has 0 saturated heterocycles. The van der Waals surface area contributed by atoms with E-state index in [4.69, 9.17) is 18.1 Å². The van der Waals surface area contributed by atoms with Gasteiger partial charge >= 0.3 is 0 Å². The van der Waals surface area contributed by atoms with E-state index in [2.05, 4.69) is 35.0 Å². The molecule has 4 N–H and O–H groups in total. The molecule has 4 heteroatoms. The molecule has 0 fully saturated rings. The maximum Gasteiger partial charge on any atom is 0.180 e. The van der Waals surface area contributed by atoms with Crippen molar-refractivity contribution in [1.29, 1.82) is 0 Å². The van der Waals surface area contributed by atoms with Crippen LogP contribution in [0.1, 0.15) is 5.56 Å². The third kappa shape index (κ3) is 2.29. The fourth-order valence-electron chi connectivity index (χ4n) is 1.67. The summed E-state index contributed by atoms with van der Waals surface area (Å²) < 4.78 is 0. The molecule has 0 unspecified atom stereocenters. The highest BCUT2D eigenvalue weighted by atomic mass is 32.1. The highest BCUT2D eigenvalue weighted by Gasteiger charge is 2.00. The van der Waals surface area contributed by atoms with E-state index in [1.807, 2.05) is 18.2 Å². The van der Waals surface area contributed by atoms with Crippen LogP contribution >= 0.6 is 12.2 Å². The normalized spacial score (nSPS) is 10.1. The van der Waals surface area contributed by atoms with Gasteiger partial charge in [-0.3, -0.25) is 0 Å². The standard InChI is InChI=1S/C12H13N3S/c13-15-12(16)14-8-10-6-3-5-9-4-1-2-7-11(9)10/h1-7H,8,13H2,(H2,14,15,16). The summed E-state index contributed by atoms with van der Waals surface area (Å²) in [7, 11) is 0. The van der Waals surface area contributed by atoms with Crippen LogP contribution in [0.3, 0.4) is 0 Å². The van der Waals surface area contributed by atoms with Gasteiger partial charge in [-0.05, 0) is 28.6 Å². The molecule has 0 saturated carbocycles. The Kier molecular flexibility index (Phi) is 3.34. The molecule has 0 aliphatic heterocycles. The van der Waals surface area contributed by atoms with E-state index in [0.717, 1.165) is 0 Å². The third-order valence-electron chi connectivity index (χ3n) is 2.45. The van der Waals surface area contributed by atoms with Crippen LogP contribution in [0.5, 0.6) is 0 Å². The van der Waals surface area contributed by atoms with E-state index < -0.39 is 0 Å². The summed E-state index contributed by atoms with van der Waals surface area (Å²) in [6.07, 6.45) is 0. The minimum Gasteiger partial charge on any atom is -0.358 e. The summed E-state index contributed by atoms with van der Waals surface area (Å²) >= 11 is 4.93. The van der Waals surface area contributed by atoms with Crippen molar-refractivity contribution in [1.82, 2.24) is 10.7 Å². The minimum atomic E-state index is 0.452. The van der Waals surface area contributed by atoms with Crippen molar-refractivity contribution < 1.29 is 0 Å². The molecule has 0 heterocycles. The van der Waals surface area contributed by atoms with E-state index in [1.54, 1.807) is 0 Å². The number of hydrogen-bond acceptors (Lipinski definition) is 2. The topological polar surface area (TPSA) is 50.1 Å². The Bertz CT molecular complexity index is 505. The lowest BCUT2D eigenvalue weighted by Gasteiger charge is -2.09. The number of nitrogens with two attached hydrogens (primary N) is 1. The Labute approximate surface area is 99.6 Å². The molecule has 0 amide bonds. The van der Waals surface area contributed by atoms with Gasteiger partial charge in [0.25, 0.3) is 0 Å². The molecule has 3 nitrogen and oxygen atoms in total. The predicted octanol–water partition coefficient (Wildman–Crippen LogP) is 1.68. The fourth-order valence-corrected chi connectivity index (χ4v) is 1.75. The molecule has 82 valence electrons. The second-order valence-electron chi connectivity index (χ2n) is 3.47. The first-order chi connectivity index (χ1) is 7.81. The monoisotopic (exact) mass is 231 g/mol. The van der Waals surface area contributed by atoms with Crippen LogP contribution in [-0.2, 0) is 6.54 Å². The van der Waals surface area contributed by atoms with Gasteiger partial charge in [-0.2, -0.15) is 0 Å². The molecular weight excluding hydrogens is 218 g/mol. The molecular formula is C12H13N3S. The first kappa shape index (κ1) is 10.9. The maximum atomic E-state index is 5.20. The summed E-state index contributed by atoms with van der Waals surface area (Å²) in [6, 6.07) is 14.5. The number of hydrogen-bond donors (Lipinski definition) is 3. The van der Waals surface area contributed by atoms with Gasteiger partial charge in [-0.1, -0.05) is 42.5 Å². The number of thiocarbonyl (C=S) groups is 1. The lowest BCUT2D eigenvalue weighted by molar-refractivity contribution is 0.871. The van der Waals surface area contributed by atoms with Crippen molar-refractivity contribution in [3.8, 4) is 0 Å². The van der Waals surface area contributed by atoms with Crippen LogP contribution < -0.4 is 16.6 Å². The molecule has 0 spiro atoms. The molecule has 2 aromatic rings. The lowest BCUT2D eigenvalue weighted by atomic mass is 10.0. The van der Waals surface area contributed by atoms with Crippen molar-refractivity contribution >= 4 is 28.1 Å². The second kappa shape index (κ2) is 4.92. The lowest BCUT2D eigenvalue weighted by Crippen LogP contribution is -2.39. The smallest absolute Gasteiger partial charge is 0.180 e. The number of benzene rings is 2. The molecule has 16 heavy (non-hydrogen) atoms. The van der Waals surface area contributed by atoms with Crippen molar-refractivity contribution in [3.63, 3.8) is 0 Å². The van der Waals surface area contributed by atoms with Crippen molar-refractivity contribution in [2.75, 3.05) is 0 Å². The van der Waals surface area contributed by atoms with Gasteiger partial charge in [0.15, 0.2) is 5.11 Å². The molecule has 0 bridgehead atoms. The van der Waals surface area contributed by atoms with Crippen LogP contribution in [0.25, 0.3) is 10.8 Å². The Morgan fingerprint density at radius 2 is 1.88 bits per heavy atom. The Morgan fingerprint density at radius 3 is 2.69 bits per heavy atom. The van der Waals surface area contributed by atoms with Crippen molar-refractivity contribution in [2.24, 2.45) is 5.84 Å². The molecule has 0 aliphatic carbocycles. The largest absolute Gasteiger partial charge is 0.358 e. The zero-order chi connectivity index (χ0) is 11.4. The predicted molar refractivity (Wildman–Crippen MR) is 70.7 cm³/mol. The Morgan fingerprint density at radius 1 is 1.12 bits per heavy atom. The quantitative estimate of drug-likeness (QED) is 0.418. The summed E-state index contributed by atoms with van der Waals surface area (Å²) in [5.41, 5.74) is 3.61. The first-order valence-corrected chi connectivity index (χ1v) is 5.43. The van der Waals surface area contributed by atoms with Gasteiger partial charge in [-0.25, -0.2) is 5.84 Å². The van der Waals surface area contributed by atoms with E-state index in [9.17, 15) is 0 Å². The third-order valence-corrected chi connectivity index (χ3v) is 2.71. The molecule has 2 rings (SSSR count). The van der Waals surface area contributed by atoms with E-state index in [0.29, 0.717) is 11.7 Å². The van der Waals surface area contributed by atoms with Gasteiger partial charge in [0.1, 0.15) is 0 Å². The maximum absolute atomic E-state index is 5.20. The van der Waals surface area contributed by atoms with E-state index >= 15 is 0 Å². The number of fused-ring (bicyclic) bond motifs is 1. The first-order valence-electron chi connectivity index (χ1n) is 5.02. The summed E-state index contributed by atoms with van der Waals surface area (Å²) in [5.74, 6) is 5.20. The average Bonchev–Trinajstić information content (AvgIpc) is 2.35. The van der Waals surface area contributed by atoms with Gasteiger partial charge < -0.3 is 10.7 Å². The second-order valence-corrected chi connectivity index (χ2v) is 3.87. The Hall–Kier alpha value is -1.65. The summed E-state index contributed by atoms with van der Waals surface area (Å²) in [5, 5.41) is 5.95. The highest BCUT2D eigenvalue weighted by Crippen LogP contribution is 2.17. The van der Waals surface area contributed by atoms with E-state index in [-0.39, 0.29) is 0 Å². The zero-order valence-corrected chi connectivity index (χ0v) is 9.55. The van der Waals surface area contributed by atoms with Crippen molar-refractivity contribution in [2.45, 2.75) is 6.54 Å². The SMILES string of the molecule is NNC(=S)NCc1cccc2ccccc12. The Balaban J connectivity index is 2.27. The average molecular weight is 231 g/mol. The highest BCUT2D eigenvalue weighted by molar-refractivity contribution is 7.80. The summed E-state index contributed by atoms with van der Waals surface area (Å²) in [6.45, 7) is 0.671. The fraction of sp³-hybridized carbons (Fsp3) is 0.0833. The van der Waals surface area contributed by atoms with Gasteiger partial charge in [-0.15, -0.1) is 0 Å². The van der Waals surface area contributed by atoms with E-state index in [1.165, 1.54) is 16.3 Å². The van der Waals surface area contributed by atoms with Crippen LogP contribution in [0.2, 0.25) is 0 Å². The molecule has 0 atom stereocenters. The molecule has 0 aromatic heterocycles. The molecule has 0 aliphatic rings. The minimum absolute atomic E-state index is 0.452. The van der Waals surface area contributed by atoms with Crippen LogP contribution in [-0.4, -0.2) is 5.11 Å². The molecule has 2 aromatic carbocycles. The molecule has 0 radical (unpaired) electrons. The van der Waals surface area contributed by atoms with Crippen molar-refractivity contribution in [3.05, 3.63) is 48.0 Å². The van der Waals surface area contributed by atoms with Crippen LogP contribution in [0, 0.1) is 0 Å². The zero-order valence-electron chi connectivity index (χ0n) is 8.73. The van der Waals surface area contributed by atoms with Gasteiger partial charge in [0.2, 0.25) is 0 Å². The van der Waals surface area contributed by atoms with Crippen LogP contribution in [0.15, 0.2) is 42.5 Å². The number of rotatable bonds is 2. The van der Waals surface area contributed by atoms with Gasteiger partial charge in [0.05, 0.1) is 0 Å². The summed E-state index contributed by atoms with van der Waals surface area (Å²) in [4.78, 5) is 0.